The summed E-state index contributed by atoms with van der Waals surface area (Å²) >= 11 is 0. The molecule has 0 bridgehead atoms. The Morgan fingerprint density at radius 3 is 2.76 bits per heavy atom. The highest BCUT2D eigenvalue weighted by Gasteiger charge is 2.21. The third-order valence-corrected chi connectivity index (χ3v) is 4.08. The Morgan fingerprint density at radius 1 is 1.38 bits per heavy atom. The average molecular weight is 293 g/mol. The fourth-order valence-electron chi connectivity index (χ4n) is 2.86. The minimum Gasteiger partial charge on any atom is -0.444 e. The lowest BCUT2D eigenvalue weighted by Crippen LogP contribution is -2.43. The van der Waals surface area contributed by atoms with Gasteiger partial charge in [0.25, 0.3) is 0 Å². The summed E-state index contributed by atoms with van der Waals surface area (Å²) in [6.45, 7) is 12.9. The summed E-state index contributed by atoms with van der Waals surface area (Å²) in [5, 5.41) is 3.63. The van der Waals surface area contributed by atoms with Gasteiger partial charge in [-0.3, -0.25) is 4.90 Å². The van der Waals surface area contributed by atoms with Crippen LogP contribution in [0, 0.1) is 0 Å². The van der Waals surface area contributed by atoms with Crippen LogP contribution in [0.3, 0.4) is 0 Å². The maximum Gasteiger partial charge on any atom is 0.208 e. The molecule has 0 amide bonds. The van der Waals surface area contributed by atoms with Crippen molar-refractivity contribution in [1.82, 2.24) is 15.2 Å². The van der Waals surface area contributed by atoms with Crippen LogP contribution in [0.4, 0.5) is 0 Å². The lowest BCUT2D eigenvalue weighted by molar-refractivity contribution is 0.197. The second kappa shape index (κ2) is 7.41. The molecule has 4 nitrogen and oxygen atoms in total. The van der Waals surface area contributed by atoms with E-state index in [1.54, 1.807) is 0 Å². The van der Waals surface area contributed by atoms with E-state index < -0.39 is 0 Å². The van der Waals surface area contributed by atoms with Crippen molar-refractivity contribution in [2.45, 2.75) is 71.4 Å². The van der Waals surface area contributed by atoms with Gasteiger partial charge in [-0.25, -0.2) is 4.98 Å². The van der Waals surface area contributed by atoms with Crippen LogP contribution in [0.15, 0.2) is 10.6 Å². The Bertz CT molecular complexity index is 416. The minimum absolute atomic E-state index is 0.0335. The first-order chi connectivity index (χ1) is 9.99. The van der Waals surface area contributed by atoms with Crippen molar-refractivity contribution in [3.63, 3.8) is 0 Å². The molecule has 1 N–H and O–H groups in total. The Morgan fingerprint density at radius 2 is 2.19 bits per heavy atom. The van der Waals surface area contributed by atoms with Gasteiger partial charge in [0.15, 0.2) is 0 Å². The molecule has 0 saturated carbocycles. The molecule has 2 heterocycles. The zero-order valence-corrected chi connectivity index (χ0v) is 14.1. The van der Waals surface area contributed by atoms with Gasteiger partial charge in [-0.2, -0.15) is 0 Å². The van der Waals surface area contributed by atoms with Crippen LogP contribution in [0.25, 0.3) is 0 Å². The smallest absolute Gasteiger partial charge is 0.208 e. The molecule has 2 rings (SSSR count). The predicted molar refractivity (Wildman–Crippen MR) is 86.4 cm³/mol. The Hall–Kier alpha value is -0.870. The number of aromatic nitrogens is 1. The maximum atomic E-state index is 5.94. The molecule has 4 heteroatoms. The average Bonchev–Trinajstić information content (AvgIpc) is 2.89. The molecule has 120 valence electrons. The van der Waals surface area contributed by atoms with Crippen molar-refractivity contribution in [2.24, 2.45) is 0 Å². The molecule has 1 aromatic heterocycles. The van der Waals surface area contributed by atoms with Crippen molar-refractivity contribution < 1.29 is 4.42 Å². The van der Waals surface area contributed by atoms with Crippen LogP contribution in [-0.2, 0) is 12.0 Å². The van der Waals surface area contributed by atoms with Gasteiger partial charge in [0.05, 0.1) is 12.7 Å². The van der Waals surface area contributed by atoms with E-state index >= 15 is 0 Å². The Kier molecular flexibility index (Phi) is 5.82. The fourth-order valence-corrected chi connectivity index (χ4v) is 2.86. The van der Waals surface area contributed by atoms with Crippen molar-refractivity contribution >= 4 is 0 Å². The molecule has 0 aliphatic carbocycles. The monoisotopic (exact) mass is 293 g/mol. The highest BCUT2D eigenvalue weighted by molar-refractivity contribution is 5.06. The Labute approximate surface area is 129 Å². The first kappa shape index (κ1) is 16.5. The van der Waals surface area contributed by atoms with Crippen molar-refractivity contribution in [2.75, 3.05) is 19.6 Å². The molecule has 0 radical (unpaired) electrons. The van der Waals surface area contributed by atoms with E-state index in [2.05, 4.69) is 42.9 Å². The highest BCUT2D eigenvalue weighted by atomic mass is 16.4. The largest absolute Gasteiger partial charge is 0.444 e. The number of nitrogens with one attached hydrogen (secondary N) is 1. The number of hydrogen-bond donors (Lipinski definition) is 1. The van der Waals surface area contributed by atoms with Gasteiger partial charge in [-0.15, -0.1) is 0 Å². The van der Waals surface area contributed by atoms with Gasteiger partial charge < -0.3 is 9.73 Å². The van der Waals surface area contributed by atoms with Gasteiger partial charge >= 0.3 is 0 Å². The third kappa shape index (κ3) is 5.11. The predicted octanol–water partition coefficient (Wildman–Crippen LogP) is 3.33. The van der Waals surface area contributed by atoms with Gasteiger partial charge in [-0.1, -0.05) is 34.1 Å². The van der Waals surface area contributed by atoms with E-state index in [1.165, 1.54) is 25.7 Å². The molecule has 0 aromatic carbocycles. The maximum absolute atomic E-state index is 5.94. The topological polar surface area (TPSA) is 41.3 Å². The quantitative estimate of drug-likeness (QED) is 0.873. The van der Waals surface area contributed by atoms with Crippen LogP contribution in [0.2, 0.25) is 0 Å². The summed E-state index contributed by atoms with van der Waals surface area (Å²) in [5.41, 5.74) is 0.0335. The first-order valence-corrected chi connectivity index (χ1v) is 8.40. The molecular weight excluding hydrogens is 262 g/mol. The molecule has 0 spiro atoms. The zero-order chi connectivity index (χ0) is 15.3. The van der Waals surface area contributed by atoms with Gasteiger partial charge in [0.2, 0.25) is 5.89 Å². The standard InChI is InChI=1S/C17H31N3O/c1-5-10-20(12-14-8-6-7-9-18-14)13-16-19-11-15(21-16)17(2,3)4/h11,14,18H,5-10,12-13H2,1-4H3. The number of oxazole rings is 1. The van der Waals surface area contributed by atoms with Crippen molar-refractivity contribution in [3.8, 4) is 0 Å². The molecule has 1 aliphatic heterocycles. The number of hydrogen-bond acceptors (Lipinski definition) is 4. The molecule has 1 unspecified atom stereocenters. The number of piperidine rings is 1. The van der Waals surface area contributed by atoms with Crippen LogP contribution in [0.1, 0.15) is 65.0 Å². The summed E-state index contributed by atoms with van der Waals surface area (Å²) in [5.74, 6) is 1.83. The zero-order valence-electron chi connectivity index (χ0n) is 14.1. The summed E-state index contributed by atoms with van der Waals surface area (Å²) in [4.78, 5) is 6.94. The van der Waals surface area contributed by atoms with E-state index in [0.717, 1.165) is 37.8 Å². The molecular formula is C17H31N3O. The van der Waals surface area contributed by atoms with E-state index in [9.17, 15) is 0 Å². The van der Waals surface area contributed by atoms with Crippen molar-refractivity contribution in [3.05, 3.63) is 17.8 Å². The van der Waals surface area contributed by atoms with Gasteiger partial charge in [0.1, 0.15) is 5.76 Å². The van der Waals surface area contributed by atoms with E-state index in [-0.39, 0.29) is 5.41 Å². The number of nitrogens with zero attached hydrogens (tertiary/aromatic N) is 2. The minimum atomic E-state index is 0.0335. The summed E-state index contributed by atoms with van der Waals surface area (Å²) in [6.07, 6.45) is 7.01. The van der Waals surface area contributed by atoms with Crippen LogP contribution in [0.5, 0.6) is 0 Å². The third-order valence-electron chi connectivity index (χ3n) is 4.08. The van der Waals surface area contributed by atoms with Crippen LogP contribution >= 0.6 is 0 Å². The molecule has 1 fully saturated rings. The molecule has 1 aliphatic rings. The van der Waals surface area contributed by atoms with Crippen LogP contribution in [-0.4, -0.2) is 35.6 Å². The SMILES string of the molecule is CCCN(Cc1ncc(C(C)(C)C)o1)CC1CCCCN1. The lowest BCUT2D eigenvalue weighted by Gasteiger charge is -2.29. The second-order valence-corrected chi connectivity index (χ2v) is 7.25. The molecule has 1 atom stereocenters. The summed E-state index contributed by atoms with van der Waals surface area (Å²) < 4.78 is 5.94. The van der Waals surface area contributed by atoms with E-state index in [1.807, 2.05) is 6.20 Å². The lowest BCUT2D eigenvalue weighted by atomic mass is 9.94. The van der Waals surface area contributed by atoms with Gasteiger partial charge in [0, 0.05) is 18.0 Å². The fraction of sp³-hybridized carbons (Fsp3) is 0.824. The number of rotatable bonds is 6. The van der Waals surface area contributed by atoms with Crippen molar-refractivity contribution in [1.29, 1.82) is 0 Å². The van der Waals surface area contributed by atoms with Gasteiger partial charge in [-0.05, 0) is 32.4 Å². The van der Waals surface area contributed by atoms with E-state index in [0.29, 0.717) is 6.04 Å². The molecule has 21 heavy (non-hydrogen) atoms. The highest BCUT2D eigenvalue weighted by Crippen LogP contribution is 2.23. The summed E-state index contributed by atoms with van der Waals surface area (Å²) in [6, 6.07) is 0.627. The molecule has 1 aromatic rings. The first-order valence-electron chi connectivity index (χ1n) is 8.40. The van der Waals surface area contributed by atoms with E-state index in [4.69, 9.17) is 4.42 Å². The molecule has 1 saturated heterocycles. The van der Waals surface area contributed by atoms with Crippen LogP contribution < -0.4 is 5.32 Å². The Balaban J connectivity index is 1.93. The normalized spacial score (nSPS) is 20.1. The second-order valence-electron chi connectivity index (χ2n) is 7.25. The summed E-state index contributed by atoms with van der Waals surface area (Å²) in [7, 11) is 0.